The van der Waals surface area contributed by atoms with Crippen LogP contribution < -0.4 is 4.74 Å². The minimum absolute atomic E-state index is 0.0380. The maximum Gasteiger partial charge on any atom is 0.255 e. The van der Waals surface area contributed by atoms with Crippen LogP contribution in [0.4, 0.5) is 8.78 Å². The van der Waals surface area contributed by atoms with Gasteiger partial charge in [-0.3, -0.25) is 4.99 Å². The highest BCUT2D eigenvalue weighted by Gasteiger charge is 2.57. The molecule has 18 heavy (non-hydrogen) atoms. The molecule has 1 aromatic carbocycles. The number of nitrogens with zero attached hydrogens (tertiary/aromatic N) is 1. The molecule has 1 fully saturated rings. The fraction of sp³-hybridized carbons (Fsp3) is 0.500. The summed E-state index contributed by atoms with van der Waals surface area (Å²) in [5.74, 6) is -2.42. The molecule has 2 aliphatic rings. The number of rotatable bonds is 3. The summed E-state index contributed by atoms with van der Waals surface area (Å²) in [5.41, 5.74) is 3.38. The Labute approximate surface area is 105 Å². The largest absolute Gasteiger partial charge is 0.493 e. The lowest BCUT2D eigenvalue weighted by molar-refractivity contribution is 0.0856. The van der Waals surface area contributed by atoms with Crippen molar-refractivity contribution in [2.75, 3.05) is 13.2 Å². The van der Waals surface area contributed by atoms with Crippen molar-refractivity contribution in [1.29, 1.82) is 0 Å². The topological polar surface area (TPSA) is 21.6 Å². The second kappa shape index (κ2) is 4.04. The Balaban J connectivity index is 1.69. The van der Waals surface area contributed by atoms with Gasteiger partial charge in [0.25, 0.3) is 5.92 Å². The van der Waals surface area contributed by atoms with Gasteiger partial charge in [0.15, 0.2) is 0 Å². The van der Waals surface area contributed by atoms with Gasteiger partial charge in [-0.1, -0.05) is 0 Å². The molecule has 1 saturated carbocycles. The monoisotopic (exact) mass is 251 g/mol. The van der Waals surface area contributed by atoms with Crippen LogP contribution in [0.25, 0.3) is 0 Å². The summed E-state index contributed by atoms with van der Waals surface area (Å²) < 4.78 is 30.9. The summed E-state index contributed by atoms with van der Waals surface area (Å²) in [7, 11) is 0. The van der Waals surface area contributed by atoms with Crippen molar-refractivity contribution in [3.8, 4) is 5.75 Å². The Hall–Kier alpha value is -1.45. The third-order valence-electron chi connectivity index (χ3n) is 3.60. The van der Waals surface area contributed by atoms with Gasteiger partial charge in [-0.15, -0.1) is 0 Å². The van der Waals surface area contributed by atoms with Gasteiger partial charge in [-0.2, -0.15) is 0 Å². The van der Waals surface area contributed by atoms with Gasteiger partial charge >= 0.3 is 0 Å². The van der Waals surface area contributed by atoms with Crippen molar-refractivity contribution in [2.45, 2.75) is 25.7 Å². The predicted molar refractivity (Wildman–Crippen MR) is 65.8 cm³/mol. The first-order chi connectivity index (χ1) is 8.56. The van der Waals surface area contributed by atoms with E-state index in [4.69, 9.17) is 4.74 Å². The first kappa shape index (κ1) is 11.6. The highest BCUT2D eigenvalue weighted by Crippen LogP contribution is 2.48. The van der Waals surface area contributed by atoms with Crippen LogP contribution in [0.3, 0.4) is 0 Å². The molecule has 0 radical (unpaired) electrons. The maximum absolute atomic E-state index is 12.7. The first-order valence-corrected chi connectivity index (χ1v) is 6.21. The molecular formula is C14H15F2NO. The molecule has 0 aromatic heterocycles. The van der Waals surface area contributed by atoms with Crippen LogP contribution in [-0.4, -0.2) is 24.8 Å². The number of hydrogen-bond donors (Lipinski definition) is 0. The fourth-order valence-electron chi connectivity index (χ4n) is 2.30. The SMILES string of the molecule is CC1=NCCc2cc(OCC3CC3(F)F)ccc21. The summed E-state index contributed by atoms with van der Waals surface area (Å²) in [4.78, 5) is 4.38. The zero-order valence-corrected chi connectivity index (χ0v) is 10.2. The molecule has 1 aliphatic heterocycles. The molecule has 1 unspecified atom stereocenters. The van der Waals surface area contributed by atoms with Gasteiger partial charge in [0.2, 0.25) is 0 Å². The van der Waals surface area contributed by atoms with E-state index < -0.39 is 11.8 Å². The maximum atomic E-state index is 12.7. The molecule has 3 rings (SSSR count). The zero-order chi connectivity index (χ0) is 12.8. The molecule has 1 atom stereocenters. The van der Waals surface area contributed by atoms with E-state index in [1.807, 2.05) is 25.1 Å². The number of halogens is 2. The zero-order valence-electron chi connectivity index (χ0n) is 10.2. The third kappa shape index (κ3) is 2.11. The van der Waals surface area contributed by atoms with E-state index in [2.05, 4.69) is 4.99 Å². The van der Waals surface area contributed by atoms with Gasteiger partial charge < -0.3 is 4.74 Å². The molecule has 4 heteroatoms. The van der Waals surface area contributed by atoms with Gasteiger partial charge in [0, 0.05) is 18.7 Å². The van der Waals surface area contributed by atoms with Crippen molar-refractivity contribution >= 4 is 5.71 Å². The average Bonchev–Trinajstić information content (AvgIpc) is 2.95. The number of alkyl halides is 2. The minimum Gasteiger partial charge on any atom is -0.493 e. The Kier molecular flexibility index (Phi) is 2.61. The second-order valence-corrected chi connectivity index (χ2v) is 5.01. The fourth-order valence-corrected chi connectivity index (χ4v) is 2.30. The number of ether oxygens (including phenoxy) is 1. The molecule has 0 N–H and O–H groups in total. The molecule has 1 aliphatic carbocycles. The molecule has 1 aromatic rings. The summed E-state index contributed by atoms with van der Waals surface area (Å²) in [6.45, 7) is 2.89. The lowest BCUT2D eigenvalue weighted by Gasteiger charge is -2.15. The standard InChI is InChI=1S/C14H15F2NO/c1-9-13-3-2-12(6-10(13)4-5-17-9)18-8-11-7-14(11,15)16/h2-3,6,11H,4-5,7-8H2,1H3. The molecular weight excluding hydrogens is 236 g/mol. The first-order valence-electron chi connectivity index (χ1n) is 6.21. The third-order valence-corrected chi connectivity index (χ3v) is 3.60. The Bertz CT molecular complexity index is 511. The van der Waals surface area contributed by atoms with Crippen molar-refractivity contribution in [3.63, 3.8) is 0 Å². The molecule has 0 amide bonds. The molecule has 0 saturated heterocycles. The lowest BCUT2D eigenvalue weighted by Crippen LogP contribution is -2.11. The van der Waals surface area contributed by atoms with Crippen molar-refractivity contribution in [2.24, 2.45) is 10.9 Å². The van der Waals surface area contributed by atoms with E-state index >= 15 is 0 Å². The smallest absolute Gasteiger partial charge is 0.255 e. The van der Waals surface area contributed by atoms with E-state index in [0.717, 1.165) is 24.2 Å². The molecule has 2 nitrogen and oxygen atoms in total. The van der Waals surface area contributed by atoms with Crippen LogP contribution >= 0.6 is 0 Å². The van der Waals surface area contributed by atoms with E-state index in [1.54, 1.807) is 0 Å². The van der Waals surface area contributed by atoms with Gasteiger partial charge in [-0.25, -0.2) is 8.78 Å². The number of aliphatic imine (C=N–C) groups is 1. The second-order valence-electron chi connectivity index (χ2n) is 5.01. The normalized spacial score (nSPS) is 24.2. The highest BCUT2D eigenvalue weighted by atomic mass is 19.3. The minimum atomic E-state index is -2.50. The average molecular weight is 251 g/mol. The van der Waals surface area contributed by atoms with Crippen LogP contribution in [0.5, 0.6) is 5.75 Å². The van der Waals surface area contributed by atoms with Gasteiger partial charge in [0.1, 0.15) is 5.75 Å². The van der Waals surface area contributed by atoms with E-state index in [9.17, 15) is 8.78 Å². The van der Waals surface area contributed by atoms with Crippen molar-refractivity contribution in [3.05, 3.63) is 29.3 Å². The Morgan fingerprint density at radius 3 is 2.94 bits per heavy atom. The molecule has 0 spiro atoms. The molecule has 1 heterocycles. The summed E-state index contributed by atoms with van der Waals surface area (Å²) in [6.07, 6.45) is 0.854. The lowest BCUT2D eigenvalue weighted by atomic mass is 9.98. The van der Waals surface area contributed by atoms with E-state index in [0.29, 0.717) is 5.75 Å². The number of hydrogen-bond acceptors (Lipinski definition) is 2. The van der Waals surface area contributed by atoms with Crippen LogP contribution in [0.15, 0.2) is 23.2 Å². The summed E-state index contributed by atoms with van der Waals surface area (Å²) >= 11 is 0. The number of fused-ring (bicyclic) bond motifs is 1. The quantitative estimate of drug-likeness (QED) is 0.809. The Morgan fingerprint density at radius 2 is 2.22 bits per heavy atom. The van der Waals surface area contributed by atoms with Crippen molar-refractivity contribution in [1.82, 2.24) is 0 Å². The highest BCUT2D eigenvalue weighted by molar-refractivity contribution is 6.00. The molecule has 96 valence electrons. The van der Waals surface area contributed by atoms with Crippen LogP contribution in [-0.2, 0) is 6.42 Å². The summed E-state index contributed by atoms with van der Waals surface area (Å²) in [5, 5.41) is 0. The van der Waals surface area contributed by atoms with E-state index in [1.165, 1.54) is 5.56 Å². The Morgan fingerprint density at radius 1 is 1.44 bits per heavy atom. The molecule has 0 bridgehead atoms. The van der Waals surface area contributed by atoms with Gasteiger partial charge in [0.05, 0.1) is 12.5 Å². The van der Waals surface area contributed by atoms with Gasteiger partial charge in [-0.05, 0) is 42.7 Å². The summed E-state index contributed by atoms with van der Waals surface area (Å²) in [6, 6.07) is 5.76. The van der Waals surface area contributed by atoms with Crippen molar-refractivity contribution < 1.29 is 13.5 Å². The van der Waals surface area contributed by atoms with Crippen LogP contribution in [0.1, 0.15) is 24.5 Å². The van der Waals surface area contributed by atoms with Crippen LogP contribution in [0, 0.1) is 5.92 Å². The predicted octanol–water partition coefficient (Wildman–Crippen LogP) is 3.09. The van der Waals surface area contributed by atoms with E-state index in [-0.39, 0.29) is 13.0 Å². The number of benzene rings is 1. The van der Waals surface area contributed by atoms with Crippen LogP contribution in [0.2, 0.25) is 0 Å².